The van der Waals surface area contributed by atoms with Crippen LogP contribution in [0, 0.1) is 5.92 Å². The average Bonchev–Trinajstić information content (AvgIpc) is 3.11. The van der Waals surface area contributed by atoms with Crippen LogP contribution >= 0.6 is 0 Å². The van der Waals surface area contributed by atoms with Crippen LogP contribution in [0.1, 0.15) is 30.1 Å². The summed E-state index contributed by atoms with van der Waals surface area (Å²) >= 11 is 0. The van der Waals surface area contributed by atoms with Crippen LogP contribution in [0.15, 0.2) is 18.2 Å². The average molecular weight is 233 g/mol. The van der Waals surface area contributed by atoms with Gasteiger partial charge in [-0.05, 0) is 37.0 Å². The summed E-state index contributed by atoms with van der Waals surface area (Å²) in [6.45, 7) is 2.09. The van der Waals surface area contributed by atoms with E-state index in [4.69, 9.17) is 4.74 Å². The number of rotatable bonds is 5. The number of aldehydes is 1. The Balaban J connectivity index is 2.15. The number of hydrogen-bond donors (Lipinski definition) is 1. The van der Waals surface area contributed by atoms with E-state index in [0.29, 0.717) is 29.5 Å². The normalized spacial score (nSPS) is 14.2. The number of benzene rings is 1. The van der Waals surface area contributed by atoms with Crippen LogP contribution in [0.3, 0.4) is 0 Å². The van der Waals surface area contributed by atoms with E-state index in [1.807, 2.05) is 0 Å². The molecule has 0 unspecified atom stereocenters. The summed E-state index contributed by atoms with van der Waals surface area (Å²) in [6, 6.07) is 5.00. The van der Waals surface area contributed by atoms with Crippen LogP contribution in [-0.4, -0.2) is 18.8 Å². The van der Waals surface area contributed by atoms with E-state index in [2.05, 4.69) is 5.32 Å². The highest BCUT2D eigenvalue weighted by Crippen LogP contribution is 2.32. The Morgan fingerprint density at radius 1 is 1.53 bits per heavy atom. The van der Waals surface area contributed by atoms with Gasteiger partial charge in [0.2, 0.25) is 5.91 Å². The van der Waals surface area contributed by atoms with Crippen LogP contribution in [0.25, 0.3) is 0 Å². The summed E-state index contributed by atoms with van der Waals surface area (Å²) in [4.78, 5) is 21.7. The van der Waals surface area contributed by atoms with Gasteiger partial charge >= 0.3 is 0 Å². The Morgan fingerprint density at radius 2 is 2.29 bits per heavy atom. The highest BCUT2D eigenvalue weighted by Gasteiger charge is 2.22. The quantitative estimate of drug-likeness (QED) is 0.793. The number of carbonyl (C=O) groups is 2. The van der Waals surface area contributed by atoms with Gasteiger partial charge in [-0.15, -0.1) is 0 Å². The molecule has 1 amide bonds. The Morgan fingerprint density at radius 3 is 2.88 bits per heavy atom. The van der Waals surface area contributed by atoms with Gasteiger partial charge in [0, 0.05) is 12.5 Å². The summed E-state index contributed by atoms with van der Waals surface area (Å²) < 4.78 is 5.63. The Labute approximate surface area is 100.0 Å². The summed E-state index contributed by atoms with van der Waals surface area (Å²) in [6.07, 6.45) is 3.16. The molecule has 1 aliphatic carbocycles. The predicted octanol–water partition coefficient (Wildman–Crippen LogP) is 2.25. The lowest BCUT2D eigenvalue weighted by atomic mass is 10.2. The van der Waals surface area contributed by atoms with Crippen LogP contribution < -0.4 is 10.1 Å². The maximum Gasteiger partial charge on any atom is 0.221 e. The molecule has 1 N–H and O–H groups in total. The first-order valence-electron chi connectivity index (χ1n) is 5.68. The van der Waals surface area contributed by atoms with Crippen molar-refractivity contribution in [2.45, 2.75) is 19.8 Å². The second-order valence-electron chi connectivity index (χ2n) is 4.31. The zero-order valence-electron chi connectivity index (χ0n) is 9.73. The molecule has 2 rings (SSSR count). The molecule has 1 aliphatic rings. The van der Waals surface area contributed by atoms with Crippen molar-refractivity contribution in [2.24, 2.45) is 5.92 Å². The minimum atomic E-state index is -0.153. The van der Waals surface area contributed by atoms with Gasteiger partial charge in [-0.2, -0.15) is 0 Å². The number of hydrogen-bond acceptors (Lipinski definition) is 3. The Bertz CT molecular complexity index is 438. The molecule has 1 aromatic carbocycles. The van der Waals surface area contributed by atoms with Crippen molar-refractivity contribution in [3.63, 3.8) is 0 Å². The van der Waals surface area contributed by atoms with Crippen LogP contribution in [0.5, 0.6) is 5.75 Å². The standard InChI is InChI=1S/C13H15NO3/c1-9(16)14-12-5-4-11(7-15)6-13(12)17-8-10-2-3-10/h4-7,10H,2-3,8H2,1H3,(H,14,16). The van der Waals surface area contributed by atoms with Crippen molar-refractivity contribution in [1.29, 1.82) is 0 Å². The van der Waals surface area contributed by atoms with Gasteiger partial charge in [0.05, 0.1) is 12.3 Å². The van der Waals surface area contributed by atoms with Crippen molar-refractivity contribution in [1.82, 2.24) is 0 Å². The molecule has 0 atom stereocenters. The first-order chi connectivity index (χ1) is 8.19. The van der Waals surface area contributed by atoms with Crippen molar-refractivity contribution < 1.29 is 14.3 Å². The van der Waals surface area contributed by atoms with Gasteiger partial charge < -0.3 is 10.1 Å². The van der Waals surface area contributed by atoms with Gasteiger partial charge in [0.25, 0.3) is 0 Å². The third-order valence-corrected chi connectivity index (χ3v) is 2.62. The lowest BCUT2D eigenvalue weighted by Gasteiger charge is -2.11. The molecule has 4 heteroatoms. The third kappa shape index (κ3) is 3.31. The van der Waals surface area contributed by atoms with Gasteiger partial charge in [0.1, 0.15) is 12.0 Å². The van der Waals surface area contributed by atoms with E-state index < -0.39 is 0 Å². The third-order valence-electron chi connectivity index (χ3n) is 2.62. The van der Waals surface area contributed by atoms with E-state index in [9.17, 15) is 9.59 Å². The summed E-state index contributed by atoms with van der Waals surface area (Å²) in [7, 11) is 0. The van der Waals surface area contributed by atoms with E-state index >= 15 is 0 Å². The highest BCUT2D eigenvalue weighted by molar-refractivity contribution is 5.91. The fourth-order valence-corrected chi connectivity index (χ4v) is 1.52. The number of nitrogens with one attached hydrogen (secondary N) is 1. The molecule has 90 valence electrons. The van der Waals surface area contributed by atoms with Gasteiger partial charge in [0.15, 0.2) is 0 Å². The first kappa shape index (κ1) is 11.6. The number of anilines is 1. The van der Waals surface area contributed by atoms with E-state index in [0.717, 1.165) is 6.29 Å². The summed E-state index contributed by atoms with van der Waals surface area (Å²) in [5, 5.41) is 2.69. The van der Waals surface area contributed by atoms with Gasteiger partial charge in [-0.25, -0.2) is 0 Å². The molecule has 0 bridgehead atoms. The molecule has 0 saturated heterocycles. The molecular weight excluding hydrogens is 218 g/mol. The predicted molar refractivity (Wildman–Crippen MR) is 64.4 cm³/mol. The molecule has 1 aromatic rings. The van der Waals surface area contributed by atoms with E-state index in [1.165, 1.54) is 19.8 Å². The molecular formula is C13H15NO3. The molecule has 4 nitrogen and oxygen atoms in total. The Hall–Kier alpha value is -1.84. The van der Waals surface area contributed by atoms with Crippen molar-refractivity contribution in [3.8, 4) is 5.75 Å². The van der Waals surface area contributed by atoms with E-state index in [-0.39, 0.29) is 5.91 Å². The minimum Gasteiger partial charge on any atom is -0.491 e. The lowest BCUT2D eigenvalue weighted by molar-refractivity contribution is -0.114. The van der Waals surface area contributed by atoms with Gasteiger partial charge in [-0.1, -0.05) is 0 Å². The largest absolute Gasteiger partial charge is 0.491 e. The molecule has 0 heterocycles. The number of ether oxygens (including phenoxy) is 1. The fourth-order valence-electron chi connectivity index (χ4n) is 1.52. The number of carbonyl (C=O) groups excluding carboxylic acids is 2. The maximum atomic E-state index is 11.0. The molecule has 1 fully saturated rings. The molecule has 17 heavy (non-hydrogen) atoms. The molecule has 0 aromatic heterocycles. The molecule has 0 aliphatic heterocycles. The smallest absolute Gasteiger partial charge is 0.221 e. The second kappa shape index (κ2) is 4.99. The molecule has 0 spiro atoms. The Kier molecular flexibility index (Phi) is 3.42. The minimum absolute atomic E-state index is 0.153. The summed E-state index contributed by atoms with van der Waals surface area (Å²) in [5.74, 6) is 1.04. The molecule has 0 radical (unpaired) electrons. The second-order valence-corrected chi connectivity index (χ2v) is 4.31. The van der Waals surface area contributed by atoms with Crippen LogP contribution in [0.4, 0.5) is 5.69 Å². The first-order valence-corrected chi connectivity index (χ1v) is 5.68. The van der Waals surface area contributed by atoms with Crippen LogP contribution in [-0.2, 0) is 4.79 Å². The number of amides is 1. The maximum absolute atomic E-state index is 11.0. The SMILES string of the molecule is CC(=O)Nc1ccc(C=O)cc1OCC1CC1. The van der Waals surface area contributed by atoms with E-state index in [1.54, 1.807) is 18.2 Å². The zero-order valence-corrected chi connectivity index (χ0v) is 9.73. The van der Waals surface area contributed by atoms with Crippen LogP contribution in [0.2, 0.25) is 0 Å². The van der Waals surface area contributed by atoms with Crippen molar-refractivity contribution >= 4 is 17.9 Å². The summed E-state index contributed by atoms with van der Waals surface area (Å²) in [5.41, 5.74) is 1.16. The lowest BCUT2D eigenvalue weighted by Crippen LogP contribution is -2.09. The van der Waals surface area contributed by atoms with Gasteiger partial charge in [-0.3, -0.25) is 9.59 Å². The topological polar surface area (TPSA) is 55.4 Å². The fraction of sp³-hybridized carbons (Fsp3) is 0.385. The molecule has 1 saturated carbocycles. The monoisotopic (exact) mass is 233 g/mol. The van der Waals surface area contributed by atoms with Crippen molar-refractivity contribution in [3.05, 3.63) is 23.8 Å². The zero-order chi connectivity index (χ0) is 12.3. The van der Waals surface area contributed by atoms with Crippen molar-refractivity contribution in [2.75, 3.05) is 11.9 Å². The highest BCUT2D eigenvalue weighted by atomic mass is 16.5.